The molecule has 392 valence electrons. The lowest BCUT2D eigenvalue weighted by Crippen LogP contribution is -2.65. The molecule has 0 spiro atoms. The van der Waals surface area contributed by atoms with Gasteiger partial charge in [-0.1, -0.05) is 213 Å². The highest BCUT2D eigenvalue weighted by atomic mass is 16.7. The Morgan fingerprint density at radius 3 is 1.29 bits per heavy atom. The van der Waals surface area contributed by atoms with E-state index in [9.17, 15) is 45.6 Å². The van der Waals surface area contributed by atoms with Crippen molar-refractivity contribution in [3.8, 4) is 0 Å². The number of aliphatic hydroxyl groups excluding tert-OH is 8. The molecular weight excluding hydrogens is 847 g/mol. The minimum absolute atomic E-state index is 0.202. The number of nitrogens with one attached hydrogen (secondary N) is 1. The minimum atomic E-state index is -1.78. The maximum Gasteiger partial charge on any atom is 0.220 e. The standard InChI is InChI=1S/C52H101NO13/c1-3-5-7-9-11-13-15-17-18-19-20-21-22-24-26-28-30-32-34-36-44(57)53-40(41(56)35-33-31-29-27-25-23-16-14-12-10-8-6-4-2)39-63-51-49(62)47(60)50(43(38-55)65-51)66-52-48(61)46(59)45(58)42(37-54)64-52/h40-43,45-52,54-56,58-62H,3-39H2,1-2H3,(H,53,57). The molecule has 0 bridgehead atoms. The molecule has 9 N–H and O–H groups in total. The number of hydrogen-bond acceptors (Lipinski definition) is 13. The number of rotatable bonds is 43. The van der Waals surface area contributed by atoms with Crippen molar-refractivity contribution in [2.45, 2.75) is 306 Å². The second-order valence-corrected chi connectivity index (χ2v) is 19.7. The Morgan fingerprint density at radius 1 is 0.485 bits per heavy atom. The molecule has 2 fully saturated rings. The van der Waals surface area contributed by atoms with Crippen LogP contribution < -0.4 is 5.32 Å². The van der Waals surface area contributed by atoms with E-state index in [1.54, 1.807) is 0 Å². The Balaban J connectivity index is 1.78. The van der Waals surface area contributed by atoms with Crippen molar-refractivity contribution in [1.29, 1.82) is 0 Å². The summed E-state index contributed by atoms with van der Waals surface area (Å²) >= 11 is 0. The van der Waals surface area contributed by atoms with E-state index < -0.39 is 86.8 Å². The molecule has 0 radical (unpaired) electrons. The van der Waals surface area contributed by atoms with E-state index >= 15 is 0 Å². The zero-order valence-corrected chi connectivity index (χ0v) is 41.7. The molecule has 2 heterocycles. The Kier molecular flexibility index (Phi) is 36.7. The third-order valence-electron chi connectivity index (χ3n) is 13.8. The van der Waals surface area contributed by atoms with E-state index in [1.165, 1.54) is 154 Å². The van der Waals surface area contributed by atoms with Crippen LogP contribution in [0.15, 0.2) is 0 Å². The molecule has 12 atom stereocenters. The van der Waals surface area contributed by atoms with Crippen LogP contribution in [0.4, 0.5) is 0 Å². The average molecular weight is 948 g/mol. The largest absolute Gasteiger partial charge is 0.394 e. The van der Waals surface area contributed by atoms with Gasteiger partial charge in [0, 0.05) is 6.42 Å². The summed E-state index contributed by atoms with van der Waals surface area (Å²) in [5, 5.41) is 87.0. The summed E-state index contributed by atoms with van der Waals surface area (Å²) in [5.74, 6) is -0.202. The van der Waals surface area contributed by atoms with Crippen LogP contribution in [0, 0.1) is 0 Å². The monoisotopic (exact) mass is 948 g/mol. The molecule has 12 unspecified atom stereocenters. The normalized spacial score (nSPS) is 26.7. The fourth-order valence-electron chi connectivity index (χ4n) is 9.36. The minimum Gasteiger partial charge on any atom is -0.394 e. The quantitative estimate of drug-likeness (QED) is 0.0267. The van der Waals surface area contributed by atoms with Crippen LogP contribution >= 0.6 is 0 Å². The van der Waals surface area contributed by atoms with Gasteiger partial charge in [-0.3, -0.25) is 4.79 Å². The van der Waals surface area contributed by atoms with Crippen molar-refractivity contribution in [2.24, 2.45) is 0 Å². The smallest absolute Gasteiger partial charge is 0.220 e. The first-order valence-electron chi connectivity index (χ1n) is 27.3. The number of carbonyl (C=O) groups excluding carboxylic acids is 1. The SMILES string of the molecule is CCCCCCCCCCCCCCCCCCCCCC(=O)NC(COC1OC(CO)C(OC2OC(CO)C(O)C(O)C2O)C(O)C1O)C(O)CCCCCCCCCCCCCCC. The molecule has 0 aromatic rings. The molecule has 2 saturated heterocycles. The summed E-state index contributed by atoms with van der Waals surface area (Å²) < 4.78 is 22.8. The van der Waals surface area contributed by atoms with E-state index in [0.29, 0.717) is 12.8 Å². The van der Waals surface area contributed by atoms with E-state index in [-0.39, 0.29) is 12.5 Å². The highest BCUT2D eigenvalue weighted by Gasteiger charge is 2.51. The molecule has 14 heteroatoms. The summed E-state index contributed by atoms with van der Waals surface area (Å²) in [6.07, 6.45) is 23.9. The Hall–Kier alpha value is -1.01. The zero-order chi connectivity index (χ0) is 48.2. The second kappa shape index (κ2) is 39.7. The topological polar surface area (TPSA) is 228 Å². The van der Waals surface area contributed by atoms with E-state index in [4.69, 9.17) is 18.9 Å². The molecule has 14 nitrogen and oxygen atoms in total. The number of ether oxygens (including phenoxy) is 4. The molecule has 2 aliphatic rings. The predicted molar refractivity (Wildman–Crippen MR) is 259 cm³/mol. The van der Waals surface area contributed by atoms with Crippen molar-refractivity contribution < 1.29 is 64.6 Å². The molecule has 0 aromatic heterocycles. The third-order valence-corrected chi connectivity index (χ3v) is 13.8. The van der Waals surface area contributed by atoms with Crippen LogP contribution in [0.1, 0.15) is 232 Å². The van der Waals surface area contributed by atoms with Crippen LogP contribution in [0.2, 0.25) is 0 Å². The van der Waals surface area contributed by atoms with Gasteiger partial charge in [-0.05, 0) is 12.8 Å². The Labute approximate surface area is 400 Å². The number of hydrogen-bond donors (Lipinski definition) is 9. The molecule has 66 heavy (non-hydrogen) atoms. The van der Waals surface area contributed by atoms with Crippen LogP contribution in [0.25, 0.3) is 0 Å². The van der Waals surface area contributed by atoms with Crippen LogP contribution in [-0.4, -0.2) is 140 Å². The van der Waals surface area contributed by atoms with Gasteiger partial charge in [-0.2, -0.15) is 0 Å². The first-order chi connectivity index (χ1) is 32.1. The predicted octanol–water partition coefficient (Wildman–Crippen LogP) is 7.78. The van der Waals surface area contributed by atoms with E-state index in [1.807, 2.05) is 0 Å². The van der Waals surface area contributed by atoms with Crippen LogP contribution in [-0.2, 0) is 23.7 Å². The van der Waals surface area contributed by atoms with Gasteiger partial charge >= 0.3 is 0 Å². The number of aliphatic hydroxyl groups is 8. The maximum atomic E-state index is 13.2. The lowest BCUT2D eigenvalue weighted by Gasteiger charge is -2.46. The number of amides is 1. The summed E-state index contributed by atoms with van der Waals surface area (Å²) in [4.78, 5) is 13.2. The Morgan fingerprint density at radius 2 is 0.864 bits per heavy atom. The van der Waals surface area contributed by atoms with Crippen LogP contribution in [0.3, 0.4) is 0 Å². The molecule has 0 aliphatic carbocycles. The van der Waals surface area contributed by atoms with Crippen molar-refractivity contribution in [3.05, 3.63) is 0 Å². The van der Waals surface area contributed by atoms with Crippen molar-refractivity contribution in [2.75, 3.05) is 19.8 Å². The van der Waals surface area contributed by atoms with Crippen LogP contribution in [0.5, 0.6) is 0 Å². The summed E-state index contributed by atoms with van der Waals surface area (Å²) in [6, 6.07) is -0.821. The van der Waals surface area contributed by atoms with Crippen molar-refractivity contribution in [1.82, 2.24) is 5.32 Å². The lowest BCUT2D eigenvalue weighted by molar-refractivity contribution is -0.359. The zero-order valence-electron chi connectivity index (χ0n) is 41.7. The average Bonchev–Trinajstić information content (AvgIpc) is 3.31. The van der Waals surface area contributed by atoms with E-state index in [0.717, 1.165) is 51.4 Å². The first-order valence-corrected chi connectivity index (χ1v) is 27.3. The number of carbonyl (C=O) groups is 1. The summed E-state index contributed by atoms with van der Waals surface area (Å²) in [5.41, 5.74) is 0. The lowest BCUT2D eigenvalue weighted by atomic mass is 9.97. The van der Waals surface area contributed by atoms with Crippen molar-refractivity contribution in [3.63, 3.8) is 0 Å². The van der Waals surface area contributed by atoms with Gasteiger partial charge in [0.1, 0.15) is 48.8 Å². The molecule has 2 aliphatic heterocycles. The summed E-state index contributed by atoms with van der Waals surface area (Å²) in [6.45, 7) is 2.87. The van der Waals surface area contributed by atoms with Gasteiger partial charge in [-0.15, -0.1) is 0 Å². The van der Waals surface area contributed by atoms with E-state index in [2.05, 4.69) is 19.2 Å². The van der Waals surface area contributed by atoms with Gasteiger partial charge in [0.2, 0.25) is 5.91 Å². The van der Waals surface area contributed by atoms with Gasteiger partial charge in [0.15, 0.2) is 12.6 Å². The molecule has 2 rings (SSSR count). The van der Waals surface area contributed by atoms with Gasteiger partial charge in [0.25, 0.3) is 0 Å². The molecular formula is C52H101NO13. The highest BCUT2D eigenvalue weighted by molar-refractivity contribution is 5.76. The van der Waals surface area contributed by atoms with Crippen molar-refractivity contribution >= 4 is 5.91 Å². The van der Waals surface area contributed by atoms with Gasteiger partial charge < -0.3 is 65.1 Å². The third kappa shape index (κ3) is 26.3. The first kappa shape index (κ1) is 61.1. The molecule has 1 amide bonds. The number of unbranched alkanes of at least 4 members (excludes halogenated alkanes) is 30. The van der Waals surface area contributed by atoms with Gasteiger partial charge in [0.05, 0.1) is 32.0 Å². The molecule has 0 aromatic carbocycles. The highest BCUT2D eigenvalue weighted by Crippen LogP contribution is 2.30. The second-order valence-electron chi connectivity index (χ2n) is 19.7. The Bertz CT molecular complexity index is 1120. The fraction of sp³-hybridized carbons (Fsp3) is 0.981. The summed E-state index contributed by atoms with van der Waals surface area (Å²) in [7, 11) is 0. The van der Waals surface area contributed by atoms with Gasteiger partial charge in [-0.25, -0.2) is 0 Å². The maximum absolute atomic E-state index is 13.2. The fourth-order valence-corrected chi connectivity index (χ4v) is 9.36. The molecule has 0 saturated carbocycles.